The van der Waals surface area contributed by atoms with Gasteiger partial charge in [-0.1, -0.05) is 13.8 Å². The van der Waals surface area contributed by atoms with Crippen LogP contribution >= 0.6 is 0 Å². The van der Waals surface area contributed by atoms with Gasteiger partial charge in [-0.15, -0.1) is 0 Å². The number of aliphatic hydroxyl groups excluding tert-OH is 1. The minimum atomic E-state index is -0.867. The lowest BCUT2D eigenvalue weighted by Gasteiger charge is -2.02. The number of hydrogen-bond acceptors (Lipinski definition) is 4. The molecule has 0 aromatic carbocycles. The Balaban J connectivity index is 3.75. The maximum Gasteiger partial charge on any atom is 0.374 e. The van der Waals surface area contributed by atoms with Gasteiger partial charge in [0.2, 0.25) is 5.78 Å². The Morgan fingerprint density at radius 1 is 1.45 bits per heavy atom. The molecule has 0 rings (SSSR count). The summed E-state index contributed by atoms with van der Waals surface area (Å²) in [6.07, 6.45) is 0. The summed E-state index contributed by atoms with van der Waals surface area (Å²) in [5, 5.41) is 8.25. The largest absolute Gasteiger partial charge is 0.458 e. The molecule has 0 unspecified atom stereocenters. The first-order valence-electron chi connectivity index (χ1n) is 3.41. The number of ether oxygens (including phenoxy) is 1. The Hall–Kier alpha value is -0.900. The predicted octanol–water partition coefficient (Wildman–Crippen LogP) is -0.253. The second-order valence-electron chi connectivity index (χ2n) is 2.38. The highest BCUT2D eigenvalue weighted by molar-refractivity contribution is 6.34. The number of carbonyl (C=O) groups excluding carboxylic acids is 2. The Morgan fingerprint density at radius 3 is 2.36 bits per heavy atom. The molecule has 11 heavy (non-hydrogen) atoms. The van der Waals surface area contributed by atoms with Crippen molar-refractivity contribution in [2.45, 2.75) is 13.8 Å². The molecule has 4 nitrogen and oxygen atoms in total. The molecule has 0 saturated heterocycles. The van der Waals surface area contributed by atoms with Crippen LogP contribution in [0.15, 0.2) is 0 Å². The van der Waals surface area contributed by atoms with Gasteiger partial charge in [0.1, 0.15) is 6.61 Å². The molecule has 1 N–H and O–H groups in total. The molecule has 0 spiro atoms. The van der Waals surface area contributed by atoms with E-state index in [2.05, 4.69) is 4.74 Å². The summed E-state index contributed by atoms with van der Waals surface area (Å²) in [4.78, 5) is 21.5. The minimum absolute atomic E-state index is 0.114. The van der Waals surface area contributed by atoms with Gasteiger partial charge < -0.3 is 9.84 Å². The maximum atomic E-state index is 10.8. The third-order valence-electron chi connectivity index (χ3n) is 1.05. The first-order valence-corrected chi connectivity index (χ1v) is 3.41. The van der Waals surface area contributed by atoms with E-state index in [1.807, 2.05) is 0 Å². The Morgan fingerprint density at radius 2 is 2.00 bits per heavy atom. The molecule has 64 valence electrons. The summed E-state index contributed by atoms with van der Waals surface area (Å²) in [7, 11) is 0. The van der Waals surface area contributed by atoms with Crippen molar-refractivity contribution in [2.75, 3.05) is 13.2 Å². The Kier molecular flexibility index (Phi) is 4.45. The molecule has 0 aromatic rings. The molecule has 0 atom stereocenters. The number of carbonyl (C=O) groups is 2. The van der Waals surface area contributed by atoms with E-state index in [9.17, 15) is 9.59 Å². The van der Waals surface area contributed by atoms with E-state index < -0.39 is 11.8 Å². The van der Waals surface area contributed by atoms with Crippen molar-refractivity contribution < 1.29 is 19.4 Å². The van der Waals surface area contributed by atoms with Crippen LogP contribution in [0.2, 0.25) is 0 Å². The predicted molar refractivity (Wildman–Crippen MR) is 37.9 cm³/mol. The Labute approximate surface area is 65.2 Å². The summed E-state index contributed by atoms with van der Waals surface area (Å²) in [5.74, 6) is -1.77. The molecule has 0 bridgehead atoms. The van der Waals surface area contributed by atoms with E-state index in [1.165, 1.54) is 0 Å². The number of aliphatic hydroxyl groups is 1. The summed E-state index contributed by atoms with van der Waals surface area (Å²) in [6, 6.07) is 0. The lowest BCUT2D eigenvalue weighted by atomic mass is 10.1. The summed E-state index contributed by atoms with van der Waals surface area (Å²) < 4.78 is 4.38. The molecular weight excluding hydrogens is 148 g/mol. The van der Waals surface area contributed by atoms with Crippen molar-refractivity contribution in [1.82, 2.24) is 0 Å². The fourth-order valence-electron chi connectivity index (χ4n) is 0.445. The van der Waals surface area contributed by atoms with Crippen molar-refractivity contribution in [2.24, 2.45) is 5.92 Å². The van der Waals surface area contributed by atoms with Crippen molar-refractivity contribution in [3.63, 3.8) is 0 Å². The molecular formula is C7H12O4. The topological polar surface area (TPSA) is 63.6 Å². The van der Waals surface area contributed by atoms with Crippen molar-refractivity contribution >= 4 is 11.8 Å². The average Bonchev–Trinajstić information content (AvgIpc) is 1.98. The third kappa shape index (κ3) is 3.72. The smallest absolute Gasteiger partial charge is 0.374 e. The van der Waals surface area contributed by atoms with Crippen LogP contribution in [0.1, 0.15) is 13.8 Å². The van der Waals surface area contributed by atoms with E-state index in [-0.39, 0.29) is 19.1 Å². The monoisotopic (exact) mass is 160 g/mol. The standard InChI is InChI=1S/C7H12O4/c1-5(2)6(9)7(10)11-4-3-8/h5,8H,3-4H2,1-2H3. The average molecular weight is 160 g/mol. The fourth-order valence-corrected chi connectivity index (χ4v) is 0.445. The van der Waals surface area contributed by atoms with Crippen LogP contribution in [0.25, 0.3) is 0 Å². The van der Waals surface area contributed by atoms with Crippen LogP contribution in [-0.4, -0.2) is 30.1 Å². The molecule has 0 radical (unpaired) electrons. The van der Waals surface area contributed by atoms with Crippen molar-refractivity contribution in [3.05, 3.63) is 0 Å². The van der Waals surface area contributed by atoms with Crippen LogP contribution in [0.4, 0.5) is 0 Å². The summed E-state index contributed by atoms with van der Waals surface area (Å²) in [5.41, 5.74) is 0. The highest BCUT2D eigenvalue weighted by Gasteiger charge is 2.18. The molecule has 0 aliphatic carbocycles. The second kappa shape index (κ2) is 4.85. The van der Waals surface area contributed by atoms with Gasteiger partial charge >= 0.3 is 5.97 Å². The van der Waals surface area contributed by atoms with Crippen LogP contribution in [0, 0.1) is 5.92 Å². The number of rotatable bonds is 4. The zero-order valence-electron chi connectivity index (χ0n) is 6.66. The van der Waals surface area contributed by atoms with Crippen LogP contribution in [-0.2, 0) is 14.3 Å². The number of esters is 1. The first kappa shape index (κ1) is 10.1. The lowest BCUT2D eigenvalue weighted by molar-refractivity contribution is -0.155. The minimum Gasteiger partial charge on any atom is -0.458 e. The van der Waals surface area contributed by atoms with Crippen LogP contribution in [0.3, 0.4) is 0 Å². The number of ketones is 1. The van der Waals surface area contributed by atoms with Crippen molar-refractivity contribution in [3.8, 4) is 0 Å². The second-order valence-corrected chi connectivity index (χ2v) is 2.38. The Bertz CT molecular complexity index is 151. The maximum absolute atomic E-state index is 10.8. The molecule has 0 amide bonds. The van der Waals surface area contributed by atoms with Crippen molar-refractivity contribution in [1.29, 1.82) is 0 Å². The third-order valence-corrected chi connectivity index (χ3v) is 1.05. The van der Waals surface area contributed by atoms with E-state index in [0.717, 1.165) is 0 Å². The van der Waals surface area contributed by atoms with Crippen LogP contribution < -0.4 is 0 Å². The van der Waals surface area contributed by atoms with Gasteiger partial charge in [0.25, 0.3) is 0 Å². The van der Waals surface area contributed by atoms with Crippen LogP contribution in [0.5, 0.6) is 0 Å². The molecule has 0 aromatic heterocycles. The fraction of sp³-hybridized carbons (Fsp3) is 0.714. The molecule has 0 saturated carbocycles. The highest BCUT2D eigenvalue weighted by Crippen LogP contribution is 1.95. The van der Waals surface area contributed by atoms with Gasteiger partial charge in [-0.25, -0.2) is 4.79 Å². The zero-order valence-corrected chi connectivity index (χ0v) is 6.66. The van der Waals surface area contributed by atoms with Gasteiger partial charge in [0.15, 0.2) is 0 Å². The normalized spacial score (nSPS) is 9.82. The van der Waals surface area contributed by atoms with E-state index in [0.29, 0.717) is 0 Å². The number of Topliss-reactive ketones (excluding diaryl/α,β-unsaturated/α-hetero) is 1. The molecule has 0 aliphatic heterocycles. The summed E-state index contributed by atoms with van der Waals surface area (Å²) in [6.45, 7) is 2.86. The van der Waals surface area contributed by atoms with E-state index in [1.54, 1.807) is 13.8 Å². The van der Waals surface area contributed by atoms with Gasteiger partial charge in [-0.05, 0) is 0 Å². The van der Waals surface area contributed by atoms with Gasteiger partial charge in [0.05, 0.1) is 6.61 Å². The molecule has 0 fully saturated rings. The SMILES string of the molecule is CC(C)C(=O)C(=O)OCCO. The molecule has 0 heterocycles. The molecule has 0 aliphatic rings. The van der Waals surface area contributed by atoms with Gasteiger partial charge in [-0.3, -0.25) is 4.79 Å². The molecule has 4 heteroatoms. The quantitative estimate of drug-likeness (QED) is 0.455. The zero-order chi connectivity index (χ0) is 8.85. The number of hydrogen-bond donors (Lipinski definition) is 1. The first-order chi connectivity index (χ1) is 5.09. The summed E-state index contributed by atoms with van der Waals surface area (Å²) >= 11 is 0. The van der Waals surface area contributed by atoms with E-state index >= 15 is 0 Å². The highest BCUT2D eigenvalue weighted by atomic mass is 16.5. The lowest BCUT2D eigenvalue weighted by Crippen LogP contribution is -2.23. The van der Waals surface area contributed by atoms with Gasteiger partial charge in [0, 0.05) is 5.92 Å². The van der Waals surface area contributed by atoms with E-state index in [4.69, 9.17) is 5.11 Å². The van der Waals surface area contributed by atoms with Gasteiger partial charge in [-0.2, -0.15) is 0 Å².